The molecule has 2 atom stereocenters. The molecule has 0 bridgehead atoms. The molecule has 3 N–H and O–H groups in total. The number of halogens is 1. The molecule has 78 valence electrons. The molecular weight excluding hydrogens is 246 g/mol. The van der Waals surface area contributed by atoms with Crippen molar-refractivity contribution in [2.24, 2.45) is 5.73 Å². The molecule has 0 fully saturated rings. The fraction of sp³-hybridized carbons (Fsp3) is 0.400. The van der Waals surface area contributed by atoms with Gasteiger partial charge in [0.25, 0.3) is 0 Å². The minimum Gasteiger partial charge on any atom is -0.496 e. The highest BCUT2D eigenvalue weighted by atomic mass is 79.9. The quantitative estimate of drug-likeness (QED) is 0.871. The van der Waals surface area contributed by atoms with Crippen LogP contribution in [0, 0.1) is 0 Å². The maximum Gasteiger partial charge on any atom is 0.123 e. The van der Waals surface area contributed by atoms with Crippen LogP contribution in [0.3, 0.4) is 0 Å². The summed E-state index contributed by atoms with van der Waals surface area (Å²) in [4.78, 5) is 0. The zero-order valence-electron chi connectivity index (χ0n) is 8.20. The molecule has 0 amide bonds. The van der Waals surface area contributed by atoms with Gasteiger partial charge in [0.2, 0.25) is 0 Å². The summed E-state index contributed by atoms with van der Waals surface area (Å²) < 4.78 is 6.08. The van der Waals surface area contributed by atoms with Crippen LogP contribution in [-0.4, -0.2) is 18.3 Å². The molecule has 1 aromatic carbocycles. The topological polar surface area (TPSA) is 55.5 Å². The SMILES string of the molecule is COc1ccc(Br)cc1[C@H](N)C(C)O. The number of rotatable bonds is 3. The predicted octanol–water partition coefficient (Wildman–Crippen LogP) is 1.84. The van der Waals surface area contributed by atoms with Crippen molar-refractivity contribution >= 4 is 15.9 Å². The number of hydrogen-bond acceptors (Lipinski definition) is 3. The van der Waals surface area contributed by atoms with Crippen molar-refractivity contribution in [1.29, 1.82) is 0 Å². The molecule has 1 rings (SSSR count). The first-order valence-electron chi connectivity index (χ1n) is 4.33. The second-order valence-electron chi connectivity index (χ2n) is 3.15. The molecule has 0 spiro atoms. The Hall–Kier alpha value is -0.580. The summed E-state index contributed by atoms with van der Waals surface area (Å²) in [7, 11) is 1.58. The van der Waals surface area contributed by atoms with E-state index in [1.54, 1.807) is 14.0 Å². The van der Waals surface area contributed by atoms with Crippen LogP contribution >= 0.6 is 15.9 Å². The number of hydrogen-bond donors (Lipinski definition) is 2. The number of ether oxygens (including phenoxy) is 1. The lowest BCUT2D eigenvalue weighted by Gasteiger charge is -2.18. The molecule has 0 saturated carbocycles. The molecule has 14 heavy (non-hydrogen) atoms. The lowest BCUT2D eigenvalue weighted by Crippen LogP contribution is -2.23. The molecule has 4 heteroatoms. The molecule has 0 aliphatic heterocycles. The molecule has 0 aliphatic rings. The van der Waals surface area contributed by atoms with E-state index >= 15 is 0 Å². The van der Waals surface area contributed by atoms with Gasteiger partial charge in [0.1, 0.15) is 5.75 Å². The van der Waals surface area contributed by atoms with Gasteiger partial charge in [0, 0.05) is 10.0 Å². The Balaban J connectivity index is 3.10. The third kappa shape index (κ3) is 2.47. The average Bonchev–Trinajstić information content (AvgIpc) is 2.16. The van der Waals surface area contributed by atoms with Gasteiger partial charge in [-0.25, -0.2) is 0 Å². The monoisotopic (exact) mass is 259 g/mol. The summed E-state index contributed by atoms with van der Waals surface area (Å²) in [5.74, 6) is 0.696. The van der Waals surface area contributed by atoms with Crippen LogP contribution in [-0.2, 0) is 0 Å². The van der Waals surface area contributed by atoms with Crippen molar-refractivity contribution in [3.05, 3.63) is 28.2 Å². The molecule has 0 saturated heterocycles. The maximum atomic E-state index is 9.39. The van der Waals surface area contributed by atoms with E-state index in [0.29, 0.717) is 5.75 Å². The minimum absolute atomic E-state index is 0.428. The summed E-state index contributed by atoms with van der Waals surface area (Å²) in [5, 5.41) is 9.39. The van der Waals surface area contributed by atoms with E-state index in [1.807, 2.05) is 18.2 Å². The Kier molecular flexibility index (Phi) is 3.92. The van der Waals surface area contributed by atoms with Crippen LogP contribution in [0.5, 0.6) is 5.75 Å². The normalized spacial score (nSPS) is 14.9. The summed E-state index contributed by atoms with van der Waals surface area (Å²) in [6.07, 6.45) is -0.599. The lowest BCUT2D eigenvalue weighted by atomic mass is 10.0. The van der Waals surface area contributed by atoms with Crippen molar-refractivity contribution in [3.8, 4) is 5.75 Å². The Morgan fingerprint density at radius 2 is 2.14 bits per heavy atom. The van der Waals surface area contributed by atoms with E-state index in [2.05, 4.69) is 15.9 Å². The summed E-state index contributed by atoms with van der Waals surface area (Å²) in [6.45, 7) is 1.66. The summed E-state index contributed by atoms with van der Waals surface area (Å²) in [6, 6.07) is 5.12. The maximum absolute atomic E-state index is 9.39. The lowest BCUT2D eigenvalue weighted by molar-refractivity contribution is 0.162. The van der Waals surface area contributed by atoms with Gasteiger partial charge < -0.3 is 15.6 Å². The van der Waals surface area contributed by atoms with Crippen LogP contribution in [0.25, 0.3) is 0 Å². The largest absolute Gasteiger partial charge is 0.496 e. The van der Waals surface area contributed by atoms with Crippen molar-refractivity contribution in [2.75, 3.05) is 7.11 Å². The zero-order chi connectivity index (χ0) is 10.7. The van der Waals surface area contributed by atoms with Gasteiger partial charge in [-0.05, 0) is 25.1 Å². The van der Waals surface area contributed by atoms with E-state index in [0.717, 1.165) is 10.0 Å². The standard InChI is InChI=1S/C10H14BrNO2/c1-6(13)10(12)8-5-7(11)3-4-9(8)14-2/h3-6,10,13H,12H2,1-2H3/t6?,10-/m1/s1. The molecular formula is C10H14BrNO2. The molecule has 3 nitrogen and oxygen atoms in total. The number of aliphatic hydroxyl groups excluding tert-OH is 1. The summed E-state index contributed by atoms with van der Waals surface area (Å²) in [5.41, 5.74) is 6.63. The van der Waals surface area contributed by atoms with E-state index in [4.69, 9.17) is 10.5 Å². The van der Waals surface area contributed by atoms with Crippen LogP contribution in [0.1, 0.15) is 18.5 Å². The highest BCUT2D eigenvalue weighted by molar-refractivity contribution is 9.10. The second kappa shape index (κ2) is 4.77. The first-order chi connectivity index (χ1) is 6.56. The Morgan fingerprint density at radius 1 is 1.50 bits per heavy atom. The second-order valence-corrected chi connectivity index (χ2v) is 4.07. The molecule has 1 unspecified atom stereocenters. The Labute approximate surface area is 92.0 Å². The van der Waals surface area contributed by atoms with Crippen molar-refractivity contribution < 1.29 is 9.84 Å². The first-order valence-corrected chi connectivity index (χ1v) is 5.12. The van der Waals surface area contributed by atoms with Crippen molar-refractivity contribution in [1.82, 2.24) is 0 Å². The molecule has 0 aliphatic carbocycles. The average molecular weight is 260 g/mol. The molecule has 0 radical (unpaired) electrons. The third-order valence-corrected chi connectivity index (χ3v) is 2.56. The summed E-state index contributed by atoms with van der Waals surface area (Å²) >= 11 is 3.35. The Bertz CT molecular complexity index is 315. The molecule has 1 aromatic rings. The number of nitrogens with two attached hydrogens (primary N) is 1. The van der Waals surface area contributed by atoms with Crippen LogP contribution in [0.15, 0.2) is 22.7 Å². The van der Waals surface area contributed by atoms with E-state index in [-0.39, 0.29) is 0 Å². The van der Waals surface area contributed by atoms with Gasteiger partial charge in [0.15, 0.2) is 0 Å². The zero-order valence-corrected chi connectivity index (χ0v) is 9.78. The smallest absolute Gasteiger partial charge is 0.123 e. The molecule has 0 aromatic heterocycles. The predicted molar refractivity (Wildman–Crippen MR) is 59.3 cm³/mol. The van der Waals surface area contributed by atoms with Crippen LogP contribution in [0.2, 0.25) is 0 Å². The van der Waals surface area contributed by atoms with Gasteiger partial charge in [-0.1, -0.05) is 15.9 Å². The highest BCUT2D eigenvalue weighted by Gasteiger charge is 2.16. The number of aliphatic hydroxyl groups is 1. The van der Waals surface area contributed by atoms with Crippen molar-refractivity contribution in [2.45, 2.75) is 19.1 Å². The minimum atomic E-state index is -0.599. The van der Waals surface area contributed by atoms with Gasteiger partial charge in [-0.2, -0.15) is 0 Å². The van der Waals surface area contributed by atoms with Gasteiger partial charge in [-0.15, -0.1) is 0 Å². The fourth-order valence-electron chi connectivity index (χ4n) is 1.23. The fourth-order valence-corrected chi connectivity index (χ4v) is 1.60. The first kappa shape index (κ1) is 11.5. The van der Waals surface area contributed by atoms with E-state index < -0.39 is 12.1 Å². The number of benzene rings is 1. The van der Waals surface area contributed by atoms with Gasteiger partial charge in [0.05, 0.1) is 19.3 Å². The third-order valence-electron chi connectivity index (χ3n) is 2.07. The Morgan fingerprint density at radius 3 is 2.64 bits per heavy atom. The van der Waals surface area contributed by atoms with E-state index in [9.17, 15) is 5.11 Å². The molecule has 0 heterocycles. The van der Waals surface area contributed by atoms with Gasteiger partial charge >= 0.3 is 0 Å². The van der Waals surface area contributed by atoms with Crippen LogP contribution in [0.4, 0.5) is 0 Å². The van der Waals surface area contributed by atoms with Crippen LogP contribution < -0.4 is 10.5 Å². The number of methoxy groups -OCH3 is 1. The highest BCUT2D eigenvalue weighted by Crippen LogP contribution is 2.28. The van der Waals surface area contributed by atoms with Gasteiger partial charge in [-0.3, -0.25) is 0 Å². The van der Waals surface area contributed by atoms with Crippen molar-refractivity contribution in [3.63, 3.8) is 0 Å². The van der Waals surface area contributed by atoms with E-state index in [1.165, 1.54) is 0 Å².